The molecule has 27 heavy (non-hydrogen) atoms. The Morgan fingerprint density at radius 3 is 2.52 bits per heavy atom. The van der Waals surface area contributed by atoms with E-state index >= 15 is 0 Å². The lowest BCUT2D eigenvalue weighted by Crippen LogP contribution is -2.50. The van der Waals surface area contributed by atoms with Gasteiger partial charge in [0.2, 0.25) is 10.0 Å². The van der Waals surface area contributed by atoms with E-state index < -0.39 is 16.1 Å². The van der Waals surface area contributed by atoms with E-state index in [0.29, 0.717) is 17.3 Å². The molecular weight excluding hydrogens is 407 g/mol. The Morgan fingerprint density at radius 2 is 1.85 bits per heavy atom. The van der Waals surface area contributed by atoms with Gasteiger partial charge in [-0.25, -0.2) is 8.42 Å². The van der Waals surface area contributed by atoms with Crippen LogP contribution in [-0.2, 0) is 21.2 Å². The minimum Gasteiger partial charge on any atom is -0.310 e. The van der Waals surface area contributed by atoms with E-state index in [2.05, 4.69) is 0 Å². The summed E-state index contributed by atoms with van der Waals surface area (Å²) in [6.07, 6.45) is 2.81. The van der Waals surface area contributed by atoms with Crippen molar-refractivity contribution in [3.63, 3.8) is 0 Å². The van der Waals surface area contributed by atoms with Gasteiger partial charge < -0.3 is 4.90 Å². The molecule has 0 saturated heterocycles. The van der Waals surface area contributed by atoms with Crippen LogP contribution in [0, 0.1) is 0 Å². The number of benzene rings is 2. The summed E-state index contributed by atoms with van der Waals surface area (Å²) in [5.41, 5.74) is 2.23. The molecule has 0 fully saturated rings. The molecule has 8 heteroatoms. The molecule has 0 N–H and O–H groups in total. The summed E-state index contributed by atoms with van der Waals surface area (Å²) in [6, 6.07) is 11.3. The molecule has 144 valence electrons. The maximum Gasteiger partial charge on any atom is 0.250 e. The van der Waals surface area contributed by atoms with E-state index in [1.807, 2.05) is 24.3 Å². The topological polar surface area (TPSA) is 57.7 Å². The molecule has 0 spiro atoms. The largest absolute Gasteiger partial charge is 0.310 e. The molecule has 1 aliphatic heterocycles. The van der Waals surface area contributed by atoms with Crippen molar-refractivity contribution >= 4 is 50.5 Å². The van der Waals surface area contributed by atoms with Crippen molar-refractivity contribution in [3.05, 3.63) is 58.1 Å². The van der Waals surface area contributed by atoms with E-state index in [4.69, 9.17) is 23.2 Å². The van der Waals surface area contributed by atoms with E-state index in [1.54, 1.807) is 17.9 Å². The molecule has 1 amide bonds. The Balaban J connectivity index is 1.99. The number of hydrogen-bond acceptors (Lipinski definition) is 3. The second-order valence-corrected chi connectivity index (χ2v) is 9.23. The first kappa shape index (κ1) is 20.0. The third-order valence-corrected chi connectivity index (χ3v) is 6.58. The summed E-state index contributed by atoms with van der Waals surface area (Å²) >= 11 is 12.0. The summed E-state index contributed by atoms with van der Waals surface area (Å²) in [6.45, 7) is 2.14. The standard InChI is InChI=1S/C19H20Cl2N2O3S/c1-13(19(24)22-11-5-7-14-6-3-4-8-18(14)22)23(27(2,25)26)15-9-10-16(20)17(21)12-15/h3-4,6,8-10,12-13H,5,7,11H2,1-2H3/t13-/m1/s1. The zero-order valence-corrected chi connectivity index (χ0v) is 17.4. The predicted octanol–water partition coefficient (Wildman–Crippen LogP) is 4.13. The van der Waals surface area contributed by atoms with Crippen LogP contribution in [0.4, 0.5) is 11.4 Å². The van der Waals surface area contributed by atoms with Gasteiger partial charge in [0.25, 0.3) is 5.91 Å². The zero-order valence-electron chi connectivity index (χ0n) is 15.0. The normalized spacial score (nSPS) is 15.2. The number of rotatable bonds is 4. The monoisotopic (exact) mass is 426 g/mol. The van der Waals surface area contributed by atoms with Crippen LogP contribution >= 0.6 is 23.2 Å². The predicted molar refractivity (Wildman–Crippen MR) is 110 cm³/mol. The molecule has 2 aromatic rings. The fourth-order valence-corrected chi connectivity index (χ4v) is 4.87. The van der Waals surface area contributed by atoms with Crippen LogP contribution in [0.2, 0.25) is 10.0 Å². The summed E-state index contributed by atoms with van der Waals surface area (Å²) in [5.74, 6) is -0.279. The van der Waals surface area contributed by atoms with Crippen molar-refractivity contribution in [2.45, 2.75) is 25.8 Å². The number of halogens is 2. The van der Waals surface area contributed by atoms with Gasteiger partial charge in [0.1, 0.15) is 6.04 Å². The van der Waals surface area contributed by atoms with Gasteiger partial charge in [-0.05, 0) is 49.6 Å². The van der Waals surface area contributed by atoms with Crippen LogP contribution in [0.3, 0.4) is 0 Å². The number of anilines is 2. The molecule has 1 heterocycles. The van der Waals surface area contributed by atoms with Gasteiger partial charge >= 0.3 is 0 Å². The van der Waals surface area contributed by atoms with Gasteiger partial charge in [-0.2, -0.15) is 0 Å². The van der Waals surface area contributed by atoms with Crippen molar-refractivity contribution in [3.8, 4) is 0 Å². The van der Waals surface area contributed by atoms with Crippen molar-refractivity contribution in [1.29, 1.82) is 0 Å². The molecule has 0 radical (unpaired) electrons. The summed E-state index contributed by atoms with van der Waals surface area (Å²) in [4.78, 5) is 14.9. The van der Waals surface area contributed by atoms with Gasteiger partial charge in [0, 0.05) is 12.2 Å². The molecule has 1 aliphatic rings. The number of aryl methyl sites for hydroxylation is 1. The van der Waals surface area contributed by atoms with Gasteiger partial charge in [0.05, 0.1) is 22.0 Å². The second-order valence-electron chi connectivity index (χ2n) is 6.56. The number of hydrogen-bond donors (Lipinski definition) is 0. The number of carbonyl (C=O) groups is 1. The molecule has 0 saturated carbocycles. The fourth-order valence-electron chi connectivity index (χ4n) is 3.41. The first-order chi connectivity index (χ1) is 12.7. The van der Waals surface area contributed by atoms with E-state index in [1.165, 1.54) is 12.1 Å². The smallest absolute Gasteiger partial charge is 0.250 e. The Kier molecular flexibility index (Phi) is 5.70. The van der Waals surface area contributed by atoms with Gasteiger partial charge in [-0.3, -0.25) is 9.10 Å². The van der Waals surface area contributed by atoms with Gasteiger partial charge in [-0.15, -0.1) is 0 Å². The third kappa shape index (κ3) is 4.08. The first-order valence-electron chi connectivity index (χ1n) is 8.54. The Morgan fingerprint density at radius 1 is 1.15 bits per heavy atom. The van der Waals surface area contributed by atoms with Crippen LogP contribution in [0.5, 0.6) is 0 Å². The lowest BCUT2D eigenvalue weighted by atomic mass is 10.0. The molecule has 5 nitrogen and oxygen atoms in total. The number of amides is 1. The minimum atomic E-state index is -3.72. The van der Waals surface area contributed by atoms with Crippen molar-refractivity contribution < 1.29 is 13.2 Å². The molecule has 3 rings (SSSR count). The highest BCUT2D eigenvalue weighted by atomic mass is 35.5. The number of para-hydroxylation sites is 1. The summed E-state index contributed by atoms with van der Waals surface area (Å²) < 4.78 is 26.1. The maximum absolute atomic E-state index is 13.2. The van der Waals surface area contributed by atoms with E-state index in [-0.39, 0.29) is 10.9 Å². The highest BCUT2D eigenvalue weighted by molar-refractivity contribution is 7.92. The quantitative estimate of drug-likeness (QED) is 0.738. The molecular formula is C19H20Cl2N2O3S. The molecule has 2 aromatic carbocycles. The zero-order chi connectivity index (χ0) is 19.8. The van der Waals surface area contributed by atoms with Gasteiger partial charge in [-0.1, -0.05) is 41.4 Å². The van der Waals surface area contributed by atoms with E-state index in [0.717, 1.165) is 34.7 Å². The average molecular weight is 427 g/mol. The van der Waals surface area contributed by atoms with E-state index in [9.17, 15) is 13.2 Å². The van der Waals surface area contributed by atoms with Crippen molar-refractivity contribution in [2.75, 3.05) is 22.0 Å². The average Bonchev–Trinajstić information content (AvgIpc) is 2.62. The highest BCUT2D eigenvalue weighted by Gasteiger charge is 2.34. The first-order valence-corrected chi connectivity index (χ1v) is 11.1. The number of sulfonamides is 1. The third-order valence-electron chi connectivity index (χ3n) is 4.60. The van der Waals surface area contributed by atoms with Crippen LogP contribution < -0.4 is 9.21 Å². The Hall–Kier alpha value is -1.76. The molecule has 0 unspecified atom stereocenters. The Bertz CT molecular complexity index is 979. The van der Waals surface area contributed by atoms with Gasteiger partial charge in [0.15, 0.2) is 0 Å². The number of nitrogens with zero attached hydrogens (tertiary/aromatic N) is 2. The number of carbonyl (C=O) groups excluding carboxylic acids is 1. The Labute approximate surface area is 169 Å². The maximum atomic E-state index is 13.2. The lowest BCUT2D eigenvalue weighted by Gasteiger charge is -2.35. The minimum absolute atomic E-state index is 0.228. The lowest BCUT2D eigenvalue weighted by molar-refractivity contribution is -0.119. The summed E-state index contributed by atoms with van der Waals surface area (Å²) in [7, 11) is -3.72. The molecule has 0 bridgehead atoms. The second kappa shape index (κ2) is 7.70. The molecule has 0 aromatic heterocycles. The van der Waals surface area contributed by atoms with Crippen LogP contribution in [0.1, 0.15) is 18.9 Å². The molecule has 0 aliphatic carbocycles. The summed E-state index contributed by atoms with van der Waals surface area (Å²) in [5, 5.41) is 0.545. The van der Waals surface area contributed by atoms with Crippen LogP contribution in [0.15, 0.2) is 42.5 Å². The van der Waals surface area contributed by atoms with Crippen LogP contribution in [-0.4, -0.2) is 33.2 Å². The highest BCUT2D eigenvalue weighted by Crippen LogP contribution is 2.32. The SMILES string of the molecule is C[C@H](C(=O)N1CCCc2ccccc21)N(c1ccc(Cl)c(Cl)c1)S(C)(=O)=O. The molecule has 1 atom stereocenters. The van der Waals surface area contributed by atoms with Crippen LogP contribution in [0.25, 0.3) is 0 Å². The van der Waals surface area contributed by atoms with Crippen molar-refractivity contribution in [2.24, 2.45) is 0 Å². The number of fused-ring (bicyclic) bond motifs is 1. The van der Waals surface area contributed by atoms with Crippen molar-refractivity contribution in [1.82, 2.24) is 0 Å². The fraction of sp³-hybridized carbons (Fsp3) is 0.316.